The third kappa shape index (κ3) is 5.67. The van der Waals surface area contributed by atoms with Gasteiger partial charge in [0.1, 0.15) is 5.75 Å². The van der Waals surface area contributed by atoms with Gasteiger partial charge in [-0.1, -0.05) is 24.3 Å². The predicted octanol–water partition coefficient (Wildman–Crippen LogP) is 3.88. The van der Waals surface area contributed by atoms with Crippen molar-refractivity contribution in [3.8, 4) is 5.75 Å². The smallest absolute Gasteiger partial charge is 0.257 e. The van der Waals surface area contributed by atoms with E-state index >= 15 is 0 Å². The van der Waals surface area contributed by atoms with E-state index in [-0.39, 0.29) is 5.91 Å². The Morgan fingerprint density at radius 2 is 1.82 bits per heavy atom. The van der Waals surface area contributed by atoms with Crippen LogP contribution in [-0.2, 0) is 6.54 Å². The van der Waals surface area contributed by atoms with Crippen molar-refractivity contribution >= 4 is 17.6 Å². The number of nitrogens with zero attached hydrogens (tertiary/aromatic N) is 2. The first-order valence-corrected chi connectivity index (χ1v) is 9.04. The molecule has 0 aliphatic carbocycles. The van der Waals surface area contributed by atoms with Crippen molar-refractivity contribution < 1.29 is 9.53 Å². The van der Waals surface area contributed by atoms with Gasteiger partial charge in [-0.05, 0) is 55.0 Å². The van der Waals surface area contributed by atoms with Gasteiger partial charge in [0.15, 0.2) is 0 Å². The molecule has 0 saturated carbocycles. The fraction of sp³-hybridized carbons (Fsp3) is 0.136. The zero-order valence-corrected chi connectivity index (χ0v) is 15.6. The molecule has 0 unspecified atom stereocenters. The maximum absolute atomic E-state index is 12.5. The SMILES string of the molecule is CCOc1ccc(NC(=NCc2cccnc2)NC(=O)c2ccccc2)cc1. The van der Waals surface area contributed by atoms with E-state index < -0.39 is 0 Å². The van der Waals surface area contributed by atoms with Crippen LogP contribution < -0.4 is 15.4 Å². The van der Waals surface area contributed by atoms with Crippen LogP contribution in [0.4, 0.5) is 5.69 Å². The molecule has 1 heterocycles. The molecule has 142 valence electrons. The Morgan fingerprint density at radius 3 is 2.50 bits per heavy atom. The lowest BCUT2D eigenvalue weighted by Crippen LogP contribution is -2.36. The van der Waals surface area contributed by atoms with Gasteiger partial charge < -0.3 is 10.1 Å². The molecule has 1 aromatic heterocycles. The fourth-order valence-electron chi connectivity index (χ4n) is 2.48. The summed E-state index contributed by atoms with van der Waals surface area (Å²) in [7, 11) is 0. The summed E-state index contributed by atoms with van der Waals surface area (Å²) in [6.45, 7) is 2.94. The number of amides is 1. The predicted molar refractivity (Wildman–Crippen MR) is 111 cm³/mol. The Labute approximate surface area is 164 Å². The summed E-state index contributed by atoms with van der Waals surface area (Å²) in [5.74, 6) is 0.918. The Kier molecular flexibility index (Phi) is 6.73. The van der Waals surface area contributed by atoms with Crippen LogP contribution >= 0.6 is 0 Å². The number of hydrogen-bond donors (Lipinski definition) is 2. The molecule has 6 heteroatoms. The summed E-state index contributed by atoms with van der Waals surface area (Å²) >= 11 is 0. The van der Waals surface area contributed by atoms with E-state index in [9.17, 15) is 4.79 Å². The maximum Gasteiger partial charge on any atom is 0.257 e. The van der Waals surface area contributed by atoms with E-state index in [2.05, 4.69) is 20.6 Å². The number of benzene rings is 2. The number of rotatable bonds is 6. The molecule has 0 aliphatic heterocycles. The van der Waals surface area contributed by atoms with Gasteiger partial charge in [0.2, 0.25) is 5.96 Å². The first kappa shape index (κ1) is 19.1. The Morgan fingerprint density at radius 1 is 1.04 bits per heavy atom. The Balaban J connectivity index is 1.76. The van der Waals surface area contributed by atoms with Gasteiger partial charge in [0.25, 0.3) is 5.91 Å². The molecule has 3 rings (SSSR count). The molecule has 0 aliphatic rings. The number of carbonyl (C=O) groups is 1. The molecular formula is C22H22N4O2. The number of carbonyl (C=O) groups excluding carboxylic acids is 1. The zero-order valence-electron chi connectivity index (χ0n) is 15.6. The lowest BCUT2D eigenvalue weighted by Gasteiger charge is -2.12. The minimum Gasteiger partial charge on any atom is -0.494 e. The topological polar surface area (TPSA) is 75.6 Å². The molecule has 6 nitrogen and oxygen atoms in total. The van der Waals surface area contributed by atoms with Crippen molar-refractivity contribution in [1.82, 2.24) is 10.3 Å². The maximum atomic E-state index is 12.5. The minimum absolute atomic E-state index is 0.232. The average Bonchev–Trinajstić information content (AvgIpc) is 2.75. The molecule has 0 spiro atoms. The molecule has 0 saturated heterocycles. The second-order valence-corrected chi connectivity index (χ2v) is 5.93. The lowest BCUT2D eigenvalue weighted by molar-refractivity contribution is 0.0977. The largest absolute Gasteiger partial charge is 0.494 e. The summed E-state index contributed by atoms with van der Waals surface area (Å²) < 4.78 is 5.46. The van der Waals surface area contributed by atoms with Crippen LogP contribution in [0.2, 0.25) is 0 Å². The lowest BCUT2D eigenvalue weighted by atomic mass is 10.2. The first-order chi connectivity index (χ1) is 13.7. The number of hydrogen-bond acceptors (Lipinski definition) is 4. The Bertz CT molecular complexity index is 910. The molecule has 2 aromatic carbocycles. The van der Waals surface area contributed by atoms with Crippen LogP contribution in [0, 0.1) is 0 Å². The number of pyridine rings is 1. The average molecular weight is 374 g/mol. The van der Waals surface area contributed by atoms with Crippen LogP contribution in [0.5, 0.6) is 5.75 Å². The second kappa shape index (κ2) is 9.87. The van der Waals surface area contributed by atoms with Crippen molar-refractivity contribution in [1.29, 1.82) is 0 Å². The fourth-order valence-corrected chi connectivity index (χ4v) is 2.48. The third-order valence-electron chi connectivity index (χ3n) is 3.84. The van der Waals surface area contributed by atoms with Crippen LogP contribution in [0.3, 0.4) is 0 Å². The van der Waals surface area contributed by atoms with E-state index in [1.807, 2.05) is 61.5 Å². The highest BCUT2D eigenvalue weighted by Gasteiger charge is 2.09. The van der Waals surface area contributed by atoms with E-state index in [1.54, 1.807) is 24.5 Å². The van der Waals surface area contributed by atoms with Crippen molar-refractivity contribution in [2.24, 2.45) is 4.99 Å². The van der Waals surface area contributed by atoms with Crippen molar-refractivity contribution in [2.45, 2.75) is 13.5 Å². The Hall–Kier alpha value is -3.67. The minimum atomic E-state index is -0.232. The standard InChI is InChI=1S/C22H22N4O2/c1-2-28-20-12-10-19(11-13-20)25-22(24-16-17-7-6-14-23-15-17)26-21(27)18-8-4-3-5-9-18/h3-15H,2,16H2,1H3,(H2,24,25,26,27). The van der Waals surface area contributed by atoms with Gasteiger partial charge in [-0.15, -0.1) is 0 Å². The number of ether oxygens (including phenoxy) is 1. The van der Waals surface area contributed by atoms with Crippen LogP contribution in [0.15, 0.2) is 84.1 Å². The van der Waals surface area contributed by atoms with Crippen LogP contribution in [-0.4, -0.2) is 23.5 Å². The summed E-state index contributed by atoms with van der Waals surface area (Å²) in [5, 5.41) is 6.00. The van der Waals surface area contributed by atoms with Crippen molar-refractivity contribution in [3.63, 3.8) is 0 Å². The van der Waals surface area contributed by atoms with Gasteiger partial charge >= 0.3 is 0 Å². The molecule has 0 atom stereocenters. The first-order valence-electron chi connectivity index (χ1n) is 9.04. The van der Waals surface area contributed by atoms with Crippen LogP contribution in [0.25, 0.3) is 0 Å². The normalized spacial score (nSPS) is 11.0. The molecule has 0 fully saturated rings. The summed E-state index contributed by atoms with van der Waals surface area (Å²) in [6.07, 6.45) is 3.46. The number of guanidine groups is 1. The zero-order chi connectivity index (χ0) is 19.6. The van der Waals surface area contributed by atoms with Crippen molar-refractivity contribution in [3.05, 3.63) is 90.3 Å². The van der Waals surface area contributed by atoms with Gasteiger partial charge in [0, 0.05) is 23.6 Å². The summed E-state index contributed by atoms with van der Waals surface area (Å²) in [4.78, 5) is 21.1. The monoisotopic (exact) mass is 374 g/mol. The molecule has 2 N–H and O–H groups in total. The molecule has 0 radical (unpaired) electrons. The van der Waals surface area contributed by atoms with Crippen molar-refractivity contribution in [2.75, 3.05) is 11.9 Å². The number of aromatic nitrogens is 1. The highest BCUT2D eigenvalue weighted by atomic mass is 16.5. The quantitative estimate of drug-likeness (QED) is 0.507. The summed E-state index contributed by atoms with van der Waals surface area (Å²) in [6, 6.07) is 20.3. The van der Waals surface area contributed by atoms with Gasteiger partial charge in [0.05, 0.1) is 13.2 Å². The number of anilines is 1. The van der Waals surface area contributed by atoms with E-state index in [1.165, 1.54) is 0 Å². The van der Waals surface area contributed by atoms with Gasteiger partial charge in [-0.25, -0.2) is 4.99 Å². The van der Waals surface area contributed by atoms with Gasteiger partial charge in [-0.3, -0.25) is 15.1 Å². The third-order valence-corrected chi connectivity index (χ3v) is 3.84. The second-order valence-electron chi connectivity index (χ2n) is 5.93. The van der Waals surface area contributed by atoms with E-state index in [0.717, 1.165) is 17.0 Å². The molecular weight excluding hydrogens is 352 g/mol. The van der Waals surface area contributed by atoms with E-state index in [4.69, 9.17) is 4.74 Å². The highest BCUT2D eigenvalue weighted by Crippen LogP contribution is 2.15. The molecule has 0 bridgehead atoms. The highest BCUT2D eigenvalue weighted by molar-refractivity contribution is 6.09. The molecule has 28 heavy (non-hydrogen) atoms. The summed E-state index contributed by atoms with van der Waals surface area (Å²) in [5.41, 5.74) is 2.30. The molecule has 1 amide bonds. The van der Waals surface area contributed by atoms with Crippen LogP contribution in [0.1, 0.15) is 22.8 Å². The number of aliphatic imine (C=N–C) groups is 1. The van der Waals surface area contributed by atoms with E-state index in [0.29, 0.717) is 24.7 Å². The molecule has 3 aromatic rings. The number of nitrogens with one attached hydrogen (secondary N) is 2. The van der Waals surface area contributed by atoms with Gasteiger partial charge in [-0.2, -0.15) is 0 Å².